The maximum Gasteiger partial charge on any atom is 0.246 e. The molecule has 0 fully saturated rings. The summed E-state index contributed by atoms with van der Waals surface area (Å²) >= 11 is 6.01. The molecule has 0 amide bonds. The van der Waals surface area contributed by atoms with Crippen molar-refractivity contribution in [2.75, 3.05) is 0 Å². The number of aromatic nitrogens is 2. The van der Waals surface area contributed by atoms with Crippen LogP contribution in [0.3, 0.4) is 0 Å². The Morgan fingerprint density at radius 3 is 2.35 bits per heavy atom. The van der Waals surface area contributed by atoms with Gasteiger partial charge in [0.15, 0.2) is 5.15 Å². The smallest absolute Gasteiger partial charge is 0.246 e. The highest BCUT2D eigenvalue weighted by Crippen LogP contribution is 2.30. The normalized spacial score (nSPS) is 10.2. The number of hydrogen-bond donors (Lipinski definition) is 0. The Morgan fingerprint density at radius 1 is 0.950 bits per heavy atom. The van der Waals surface area contributed by atoms with E-state index in [1.165, 1.54) is 0 Å². The molecule has 1 heterocycles. The number of fused-ring (bicyclic) bond motifs is 1. The van der Waals surface area contributed by atoms with Crippen LogP contribution in [0.15, 0.2) is 48.5 Å². The largest absolute Gasteiger partial charge is 0.437 e. The molecule has 3 rings (SSSR count). The first-order valence-electron chi connectivity index (χ1n) is 5.87. The summed E-state index contributed by atoms with van der Waals surface area (Å²) < 4.78 is 5.70. The van der Waals surface area contributed by atoms with Crippen molar-refractivity contribution in [2.45, 2.75) is 0 Å². The summed E-state index contributed by atoms with van der Waals surface area (Å²) in [6, 6.07) is 16.3. The molecule has 0 N–H and O–H groups in total. The van der Waals surface area contributed by atoms with Gasteiger partial charge < -0.3 is 4.74 Å². The average molecular weight is 282 g/mol. The molecule has 1 aromatic heterocycles. The highest BCUT2D eigenvalue weighted by Gasteiger charge is 2.09. The van der Waals surface area contributed by atoms with E-state index >= 15 is 0 Å². The van der Waals surface area contributed by atoms with Gasteiger partial charge in [-0.1, -0.05) is 29.8 Å². The molecule has 0 saturated heterocycles. The van der Waals surface area contributed by atoms with Gasteiger partial charge in [0.05, 0.1) is 11.6 Å². The highest BCUT2D eigenvalue weighted by atomic mass is 35.5. The van der Waals surface area contributed by atoms with Crippen LogP contribution in [-0.4, -0.2) is 10.2 Å². The van der Waals surface area contributed by atoms with Crippen molar-refractivity contribution in [3.8, 4) is 17.7 Å². The summed E-state index contributed by atoms with van der Waals surface area (Å²) in [5.74, 6) is 0.973. The van der Waals surface area contributed by atoms with Crippen LogP contribution in [0.25, 0.3) is 10.8 Å². The van der Waals surface area contributed by atoms with Gasteiger partial charge in [-0.2, -0.15) is 5.26 Å². The summed E-state index contributed by atoms with van der Waals surface area (Å²) in [4.78, 5) is 0. The summed E-state index contributed by atoms with van der Waals surface area (Å²) in [6.07, 6.45) is 0. The SMILES string of the molecule is N#Cc1ccc(Oc2nnc(Cl)c3ccccc23)cc1. The van der Waals surface area contributed by atoms with Crippen molar-refractivity contribution >= 4 is 22.4 Å². The van der Waals surface area contributed by atoms with Gasteiger partial charge in [0, 0.05) is 10.8 Å². The maximum atomic E-state index is 8.76. The predicted octanol–water partition coefficient (Wildman–Crippen LogP) is 3.95. The molecule has 0 atom stereocenters. The Kier molecular flexibility index (Phi) is 3.20. The first-order chi connectivity index (χ1) is 9.78. The lowest BCUT2D eigenvalue weighted by atomic mass is 10.2. The van der Waals surface area contributed by atoms with E-state index in [1.54, 1.807) is 24.3 Å². The Bertz CT molecular complexity index is 809. The zero-order chi connectivity index (χ0) is 13.9. The number of rotatable bonds is 2. The molecule has 2 aromatic carbocycles. The summed E-state index contributed by atoms with van der Waals surface area (Å²) in [5.41, 5.74) is 0.574. The molecule has 4 nitrogen and oxygen atoms in total. The molecule has 0 aliphatic heterocycles. The third kappa shape index (κ3) is 2.27. The standard InChI is InChI=1S/C15H8ClN3O/c16-14-12-3-1-2-4-13(12)15(19-18-14)20-11-7-5-10(9-17)6-8-11/h1-8H. The molecule has 0 aliphatic rings. The van der Waals surface area contributed by atoms with Gasteiger partial charge in [0.1, 0.15) is 5.75 Å². The van der Waals surface area contributed by atoms with Crippen molar-refractivity contribution in [3.63, 3.8) is 0 Å². The second kappa shape index (κ2) is 5.16. The quantitative estimate of drug-likeness (QED) is 0.714. The number of benzene rings is 2. The lowest BCUT2D eigenvalue weighted by Crippen LogP contribution is -1.93. The lowest BCUT2D eigenvalue weighted by molar-refractivity contribution is 0.462. The molecule has 5 heteroatoms. The molecule has 0 unspecified atom stereocenters. The maximum absolute atomic E-state index is 8.76. The fraction of sp³-hybridized carbons (Fsp3) is 0. The van der Waals surface area contributed by atoms with E-state index in [2.05, 4.69) is 16.3 Å². The second-order valence-electron chi connectivity index (χ2n) is 4.08. The van der Waals surface area contributed by atoms with Gasteiger partial charge in [0.2, 0.25) is 5.88 Å². The Hall–Kier alpha value is -2.64. The molecule has 96 valence electrons. The lowest BCUT2D eigenvalue weighted by Gasteiger charge is -2.07. The van der Waals surface area contributed by atoms with Crippen molar-refractivity contribution in [3.05, 3.63) is 59.2 Å². The summed E-state index contributed by atoms with van der Waals surface area (Å²) in [7, 11) is 0. The minimum absolute atomic E-state index is 0.341. The monoisotopic (exact) mass is 281 g/mol. The first-order valence-corrected chi connectivity index (χ1v) is 6.24. The molecular weight excluding hydrogens is 274 g/mol. The van der Waals surface area contributed by atoms with Crippen LogP contribution in [0.4, 0.5) is 0 Å². The van der Waals surface area contributed by atoms with Gasteiger partial charge in [-0.15, -0.1) is 10.2 Å². The van der Waals surface area contributed by atoms with Gasteiger partial charge >= 0.3 is 0 Å². The molecular formula is C15H8ClN3O. The minimum atomic E-state index is 0.341. The van der Waals surface area contributed by atoms with E-state index < -0.39 is 0 Å². The predicted molar refractivity (Wildman–Crippen MR) is 75.8 cm³/mol. The molecule has 3 aromatic rings. The molecule has 0 saturated carbocycles. The van der Waals surface area contributed by atoms with E-state index in [0.29, 0.717) is 22.3 Å². The second-order valence-corrected chi connectivity index (χ2v) is 4.44. The van der Waals surface area contributed by atoms with Crippen LogP contribution < -0.4 is 4.74 Å². The van der Waals surface area contributed by atoms with Crippen molar-refractivity contribution in [1.29, 1.82) is 5.26 Å². The van der Waals surface area contributed by atoms with E-state index in [1.807, 2.05) is 24.3 Å². The summed E-state index contributed by atoms with van der Waals surface area (Å²) in [5, 5.41) is 18.5. The van der Waals surface area contributed by atoms with Crippen LogP contribution >= 0.6 is 11.6 Å². The number of nitrogens with zero attached hydrogens (tertiary/aromatic N) is 3. The van der Waals surface area contributed by atoms with Crippen LogP contribution in [0.2, 0.25) is 5.15 Å². The highest BCUT2D eigenvalue weighted by molar-refractivity contribution is 6.34. The Balaban J connectivity index is 2.02. The molecule has 0 aliphatic carbocycles. The third-order valence-electron chi connectivity index (χ3n) is 2.81. The van der Waals surface area contributed by atoms with E-state index in [-0.39, 0.29) is 0 Å². The zero-order valence-electron chi connectivity index (χ0n) is 10.2. The minimum Gasteiger partial charge on any atom is -0.437 e. The van der Waals surface area contributed by atoms with Gasteiger partial charge in [0.25, 0.3) is 0 Å². The van der Waals surface area contributed by atoms with E-state index in [0.717, 1.165) is 10.8 Å². The molecule has 0 bridgehead atoms. The third-order valence-corrected chi connectivity index (χ3v) is 3.09. The molecule has 20 heavy (non-hydrogen) atoms. The zero-order valence-corrected chi connectivity index (χ0v) is 11.0. The van der Waals surface area contributed by atoms with Crippen LogP contribution in [0, 0.1) is 11.3 Å². The molecule has 0 radical (unpaired) electrons. The topological polar surface area (TPSA) is 58.8 Å². The van der Waals surface area contributed by atoms with Crippen molar-refractivity contribution in [2.24, 2.45) is 0 Å². The summed E-state index contributed by atoms with van der Waals surface area (Å²) in [6.45, 7) is 0. The van der Waals surface area contributed by atoms with E-state index in [4.69, 9.17) is 21.6 Å². The van der Waals surface area contributed by atoms with Crippen LogP contribution in [-0.2, 0) is 0 Å². The van der Waals surface area contributed by atoms with Gasteiger partial charge in [-0.3, -0.25) is 0 Å². The van der Waals surface area contributed by atoms with Crippen molar-refractivity contribution < 1.29 is 4.74 Å². The number of nitriles is 1. The molecule has 0 spiro atoms. The number of ether oxygens (including phenoxy) is 1. The van der Waals surface area contributed by atoms with Gasteiger partial charge in [-0.05, 0) is 30.3 Å². The first kappa shape index (κ1) is 12.4. The Labute approximate surface area is 120 Å². The number of hydrogen-bond acceptors (Lipinski definition) is 4. The Morgan fingerprint density at radius 2 is 1.65 bits per heavy atom. The average Bonchev–Trinajstić information content (AvgIpc) is 2.51. The van der Waals surface area contributed by atoms with Gasteiger partial charge in [-0.25, -0.2) is 0 Å². The van der Waals surface area contributed by atoms with E-state index in [9.17, 15) is 0 Å². The van der Waals surface area contributed by atoms with Crippen molar-refractivity contribution in [1.82, 2.24) is 10.2 Å². The fourth-order valence-electron chi connectivity index (χ4n) is 1.83. The van der Waals surface area contributed by atoms with Crippen LogP contribution in [0.5, 0.6) is 11.6 Å². The fourth-order valence-corrected chi connectivity index (χ4v) is 2.03. The van der Waals surface area contributed by atoms with Crippen LogP contribution in [0.1, 0.15) is 5.56 Å². The number of halogens is 1.